The van der Waals surface area contributed by atoms with Gasteiger partial charge in [-0.3, -0.25) is 9.59 Å². The van der Waals surface area contributed by atoms with Gasteiger partial charge in [-0.2, -0.15) is 0 Å². The molecule has 0 bridgehead atoms. The van der Waals surface area contributed by atoms with Crippen LogP contribution in [0.1, 0.15) is 28.8 Å². The molecule has 0 aromatic carbocycles. The van der Waals surface area contributed by atoms with Gasteiger partial charge in [0, 0.05) is 37.5 Å². The molecule has 102 valence electrons. The molecule has 0 atom stereocenters. The van der Waals surface area contributed by atoms with E-state index in [1.54, 1.807) is 0 Å². The highest BCUT2D eigenvalue weighted by molar-refractivity contribution is 5.98. The predicted octanol–water partition coefficient (Wildman–Crippen LogP) is 0.866. The Labute approximate surface area is 112 Å². The van der Waals surface area contributed by atoms with E-state index in [0.29, 0.717) is 39.3 Å². The molecule has 3 rings (SSSR count). The lowest BCUT2D eigenvalue weighted by atomic mass is 9.95. The number of amides is 1. The summed E-state index contributed by atoms with van der Waals surface area (Å²) in [5.41, 5.74) is 1.90. The smallest absolute Gasteiger partial charge is 0.242 e. The lowest BCUT2D eigenvalue weighted by Crippen LogP contribution is -2.42. The van der Waals surface area contributed by atoms with Gasteiger partial charge in [-0.05, 0) is 18.4 Å². The van der Waals surface area contributed by atoms with Gasteiger partial charge >= 0.3 is 0 Å². The highest BCUT2D eigenvalue weighted by atomic mass is 16.5. The Hall–Kier alpha value is -1.62. The van der Waals surface area contributed by atoms with E-state index in [4.69, 9.17) is 4.74 Å². The van der Waals surface area contributed by atoms with Gasteiger partial charge in [-0.1, -0.05) is 0 Å². The molecular weight excluding hydrogens is 244 g/mol. The summed E-state index contributed by atoms with van der Waals surface area (Å²) in [4.78, 5) is 25.7. The Morgan fingerprint density at radius 3 is 2.74 bits per heavy atom. The molecule has 19 heavy (non-hydrogen) atoms. The molecular formula is C14H18N2O3. The van der Waals surface area contributed by atoms with Crippen molar-refractivity contribution in [2.24, 2.45) is 0 Å². The standard InChI is InChI=1S/C14H18N2O3/c17-13-3-1-2-11-8-15(9-12(11)13)10-14(18)16-4-6-19-7-5-16/h8-9H,1-7,10H2. The molecule has 0 unspecified atom stereocenters. The third-order valence-electron chi connectivity index (χ3n) is 3.79. The zero-order chi connectivity index (χ0) is 13.2. The number of Topliss-reactive ketones (excluding diaryl/α,β-unsaturated/α-hetero) is 1. The topological polar surface area (TPSA) is 51.5 Å². The third kappa shape index (κ3) is 2.56. The Kier molecular flexibility index (Phi) is 3.38. The Balaban J connectivity index is 1.69. The van der Waals surface area contributed by atoms with E-state index >= 15 is 0 Å². The SMILES string of the molecule is O=C1CCCc2cn(CC(=O)N3CCOCC3)cc21. The summed E-state index contributed by atoms with van der Waals surface area (Å²) in [6, 6.07) is 0. The first-order valence-electron chi connectivity index (χ1n) is 6.81. The van der Waals surface area contributed by atoms with E-state index in [-0.39, 0.29) is 11.7 Å². The summed E-state index contributed by atoms with van der Waals surface area (Å²) < 4.78 is 7.09. The fourth-order valence-corrected chi connectivity index (χ4v) is 2.74. The van der Waals surface area contributed by atoms with Crippen LogP contribution in [0, 0.1) is 0 Å². The minimum atomic E-state index is 0.100. The van der Waals surface area contributed by atoms with E-state index in [0.717, 1.165) is 24.0 Å². The van der Waals surface area contributed by atoms with E-state index in [1.165, 1.54) is 0 Å². The maximum absolute atomic E-state index is 12.1. The molecule has 1 aliphatic carbocycles. The van der Waals surface area contributed by atoms with Crippen LogP contribution in [0.3, 0.4) is 0 Å². The van der Waals surface area contributed by atoms with Crippen LogP contribution >= 0.6 is 0 Å². The van der Waals surface area contributed by atoms with E-state index < -0.39 is 0 Å². The molecule has 5 nitrogen and oxygen atoms in total. The van der Waals surface area contributed by atoms with Gasteiger partial charge in [0.1, 0.15) is 6.54 Å². The van der Waals surface area contributed by atoms with Gasteiger partial charge in [0.15, 0.2) is 5.78 Å². The third-order valence-corrected chi connectivity index (χ3v) is 3.79. The number of nitrogens with zero attached hydrogens (tertiary/aromatic N) is 2. The maximum atomic E-state index is 12.1. The minimum absolute atomic E-state index is 0.100. The van der Waals surface area contributed by atoms with Crippen LogP contribution in [0.5, 0.6) is 0 Å². The fraction of sp³-hybridized carbons (Fsp3) is 0.571. The Bertz CT molecular complexity index is 501. The predicted molar refractivity (Wildman–Crippen MR) is 69.1 cm³/mol. The molecule has 0 spiro atoms. The van der Waals surface area contributed by atoms with Gasteiger partial charge in [-0.15, -0.1) is 0 Å². The first-order valence-corrected chi connectivity index (χ1v) is 6.81. The summed E-state index contributed by atoms with van der Waals surface area (Å²) in [5, 5.41) is 0. The monoisotopic (exact) mass is 262 g/mol. The quantitative estimate of drug-likeness (QED) is 0.794. The second kappa shape index (κ2) is 5.17. The van der Waals surface area contributed by atoms with E-state index in [1.807, 2.05) is 21.9 Å². The second-order valence-corrected chi connectivity index (χ2v) is 5.14. The van der Waals surface area contributed by atoms with Gasteiger partial charge in [0.05, 0.1) is 13.2 Å². The van der Waals surface area contributed by atoms with Crippen molar-refractivity contribution in [1.82, 2.24) is 9.47 Å². The molecule has 1 fully saturated rings. The summed E-state index contributed by atoms with van der Waals surface area (Å²) in [6.45, 7) is 2.89. The number of aromatic nitrogens is 1. The molecule has 0 N–H and O–H groups in total. The van der Waals surface area contributed by atoms with Crippen molar-refractivity contribution in [3.63, 3.8) is 0 Å². The number of carbonyl (C=O) groups excluding carboxylic acids is 2. The highest BCUT2D eigenvalue weighted by Crippen LogP contribution is 2.22. The Morgan fingerprint density at radius 1 is 1.21 bits per heavy atom. The van der Waals surface area contributed by atoms with Crippen LogP contribution in [0.4, 0.5) is 0 Å². The van der Waals surface area contributed by atoms with Crippen molar-refractivity contribution in [3.8, 4) is 0 Å². The molecule has 2 heterocycles. The Morgan fingerprint density at radius 2 is 2.00 bits per heavy atom. The summed E-state index contributed by atoms with van der Waals surface area (Å²) >= 11 is 0. The molecule has 2 aliphatic rings. The van der Waals surface area contributed by atoms with Crippen molar-refractivity contribution in [3.05, 3.63) is 23.5 Å². The zero-order valence-corrected chi connectivity index (χ0v) is 10.9. The molecule has 0 saturated carbocycles. The number of carbonyl (C=O) groups is 2. The van der Waals surface area contributed by atoms with Crippen LogP contribution in [-0.4, -0.2) is 47.5 Å². The number of hydrogen-bond acceptors (Lipinski definition) is 3. The zero-order valence-electron chi connectivity index (χ0n) is 10.9. The van der Waals surface area contributed by atoms with Crippen molar-refractivity contribution in [2.45, 2.75) is 25.8 Å². The van der Waals surface area contributed by atoms with E-state index in [2.05, 4.69) is 0 Å². The molecule has 1 amide bonds. The summed E-state index contributed by atoms with van der Waals surface area (Å²) in [7, 11) is 0. The van der Waals surface area contributed by atoms with Gasteiger partial charge in [-0.25, -0.2) is 0 Å². The summed E-state index contributed by atoms with van der Waals surface area (Å²) in [5.74, 6) is 0.307. The van der Waals surface area contributed by atoms with Crippen molar-refractivity contribution in [1.29, 1.82) is 0 Å². The van der Waals surface area contributed by atoms with Crippen LogP contribution in [0.15, 0.2) is 12.4 Å². The van der Waals surface area contributed by atoms with Crippen LogP contribution in [-0.2, 0) is 22.5 Å². The molecule has 0 radical (unpaired) electrons. The summed E-state index contributed by atoms with van der Waals surface area (Å²) in [6.07, 6.45) is 6.28. The number of aryl methyl sites for hydroxylation is 1. The average Bonchev–Trinajstić information content (AvgIpc) is 2.84. The lowest BCUT2D eigenvalue weighted by Gasteiger charge is -2.26. The van der Waals surface area contributed by atoms with Gasteiger partial charge in [0.2, 0.25) is 5.91 Å². The minimum Gasteiger partial charge on any atom is -0.378 e. The number of rotatable bonds is 2. The number of ether oxygens (including phenoxy) is 1. The largest absolute Gasteiger partial charge is 0.378 e. The molecule has 5 heteroatoms. The van der Waals surface area contributed by atoms with Crippen LogP contribution in [0.25, 0.3) is 0 Å². The first-order chi connectivity index (χ1) is 9.24. The number of ketones is 1. The van der Waals surface area contributed by atoms with Crippen molar-refractivity contribution >= 4 is 11.7 Å². The highest BCUT2D eigenvalue weighted by Gasteiger charge is 2.21. The van der Waals surface area contributed by atoms with Crippen molar-refractivity contribution < 1.29 is 14.3 Å². The molecule has 1 aromatic heterocycles. The molecule has 1 aromatic rings. The van der Waals surface area contributed by atoms with Gasteiger partial charge < -0.3 is 14.2 Å². The van der Waals surface area contributed by atoms with Crippen LogP contribution < -0.4 is 0 Å². The average molecular weight is 262 g/mol. The second-order valence-electron chi connectivity index (χ2n) is 5.14. The number of fused-ring (bicyclic) bond motifs is 1. The first kappa shape index (κ1) is 12.4. The molecule has 1 aliphatic heterocycles. The maximum Gasteiger partial charge on any atom is 0.242 e. The van der Waals surface area contributed by atoms with Crippen molar-refractivity contribution in [2.75, 3.05) is 26.3 Å². The fourth-order valence-electron chi connectivity index (χ4n) is 2.74. The van der Waals surface area contributed by atoms with E-state index in [9.17, 15) is 9.59 Å². The molecule has 1 saturated heterocycles. The van der Waals surface area contributed by atoms with Crippen LogP contribution in [0.2, 0.25) is 0 Å². The number of hydrogen-bond donors (Lipinski definition) is 0. The number of morpholine rings is 1. The lowest BCUT2D eigenvalue weighted by molar-refractivity contribution is -0.135. The normalized spacial score (nSPS) is 19.4. The van der Waals surface area contributed by atoms with Gasteiger partial charge in [0.25, 0.3) is 0 Å².